The first-order chi connectivity index (χ1) is 8.10. The number of rotatable bonds is 6. The highest BCUT2D eigenvalue weighted by molar-refractivity contribution is 5.55. The van der Waals surface area contributed by atoms with Crippen LogP contribution in [0, 0.1) is 5.82 Å². The number of methoxy groups -OCH3 is 1. The Hall–Kier alpha value is -1.13. The van der Waals surface area contributed by atoms with E-state index in [1.165, 1.54) is 12.1 Å². The normalized spacial score (nSPS) is 12.5. The Balaban J connectivity index is 3.00. The zero-order valence-corrected chi connectivity index (χ0v) is 10.7. The summed E-state index contributed by atoms with van der Waals surface area (Å²) in [7, 11) is 1.67. The fourth-order valence-corrected chi connectivity index (χ4v) is 1.83. The summed E-state index contributed by atoms with van der Waals surface area (Å²) in [6.07, 6.45) is 0. The second-order valence-electron chi connectivity index (χ2n) is 4.06. The summed E-state index contributed by atoms with van der Waals surface area (Å²) in [6.45, 7) is 6.18. The van der Waals surface area contributed by atoms with Gasteiger partial charge in [0.05, 0.1) is 6.61 Å². The lowest BCUT2D eigenvalue weighted by Crippen LogP contribution is -2.28. The fraction of sp³-hybridized carbons (Fsp3) is 0.538. The van der Waals surface area contributed by atoms with Gasteiger partial charge in [-0.05, 0) is 37.6 Å². The van der Waals surface area contributed by atoms with Crippen LogP contribution in [0.15, 0.2) is 18.2 Å². The van der Waals surface area contributed by atoms with E-state index in [0.29, 0.717) is 6.61 Å². The molecule has 0 radical (unpaired) electrons. The minimum Gasteiger partial charge on any atom is -0.383 e. The van der Waals surface area contributed by atoms with Gasteiger partial charge in [-0.3, -0.25) is 0 Å². The van der Waals surface area contributed by atoms with Crippen molar-refractivity contribution in [3.8, 4) is 0 Å². The van der Waals surface area contributed by atoms with Crippen LogP contribution < -0.4 is 10.6 Å². The summed E-state index contributed by atoms with van der Waals surface area (Å²) in [5, 5.41) is 0. The monoisotopic (exact) mass is 240 g/mol. The van der Waals surface area contributed by atoms with E-state index in [9.17, 15) is 4.39 Å². The quantitative estimate of drug-likeness (QED) is 0.829. The van der Waals surface area contributed by atoms with Gasteiger partial charge >= 0.3 is 0 Å². The van der Waals surface area contributed by atoms with Crippen LogP contribution >= 0.6 is 0 Å². The maximum atomic E-state index is 13.2. The molecule has 0 aromatic heterocycles. The van der Waals surface area contributed by atoms with Crippen molar-refractivity contribution >= 4 is 5.69 Å². The molecular weight excluding hydrogens is 219 g/mol. The van der Waals surface area contributed by atoms with Crippen LogP contribution in [0.5, 0.6) is 0 Å². The average molecular weight is 240 g/mol. The zero-order chi connectivity index (χ0) is 12.8. The molecule has 1 rings (SSSR count). The molecule has 0 aliphatic heterocycles. The van der Waals surface area contributed by atoms with Crippen molar-refractivity contribution in [2.24, 2.45) is 5.73 Å². The fourth-order valence-electron chi connectivity index (χ4n) is 1.83. The predicted molar refractivity (Wildman–Crippen MR) is 68.8 cm³/mol. The molecule has 96 valence electrons. The van der Waals surface area contributed by atoms with Crippen LogP contribution in [0.2, 0.25) is 0 Å². The summed E-state index contributed by atoms with van der Waals surface area (Å²) in [5.74, 6) is -0.246. The van der Waals surface area contributed by atoms with E-state index in [2.05, 4.69) is 11.8 Å². The number of nitrogens with zero attached hydrogens (tertiary/aromatic N) is 1. The molecule has 0 aliphatic carbocycles. The van der Waals surface area contributed by atoms with Crippen molar-refractivity contribution in [2.45, 2.75) is 19.9 Å². The van der Waals surface area contributed by atoms with Gasteiger partial charge in [-0.2, -0.15) is 0 Å². The van der Waals surface area contributed by atoms with Crippen LogP contribution in [0.3, 0.4) is 0 Å². The van der Waals surface area contributed by atoms with Crippen LogP contribution in [0.4, 0.5) is 10.1 Å². The van der Waals surface area contributed by atoms with E-state index in [0.717, 1.165) is 24.3 Å². The number of benzene rings is 1. The van der Waals surface area contributed by atoms with E-state index in [1.54, 1.807) is 13.2 Å². The first kappa shape index (κ1) is 13.9. The van der Waals surface area contributed by atoms with E-state index < -0.39 is 0 Å². The molecule has 0 saturated carbocycles. The Labute approximate surface area is 102 Å². The Kier molecular flexibility index (Phi) is 5.38. The molecule has 1 unspecified atom stereocenters. The highest BCUT2D eigenvalue weighted by atomic mass is 19.1. The molecule has 4 heteroatoms. The number of hydrogen-bond acceptors (Lipinski definition) is 3. The lowest BCUT2D eigenvalue weighted by atomic mass is 10.1. The van der Waals surface area contributed by atoms with E-state index in [1.807, 2.05) is 6.92 Å². The van der Waals surface area contributed by atoms with E-state index in [-0.39, 0.29) is 11.9 Å². The molecule has 0 heterocycles. The Morgan fingerprint density at radius 1 is 1.47 bits per heavy atom. The number of likely N-dealkylation sites (N-methyl/N-ethyl adjacent to an activating group) is 1. The van der Waals surface area contributed by atoms with Crippen LogP contribution in [0.1, 0.15) is 25.5 Å². The second-order valence-corrected chi connectivity index (χ2v) is 4.06. The van der Waals surface area contributed by atoms with E-state index >= 15 is 0 Å². The number of halogens is 1. The molecule has 0 saturated heterocycles. The lowest BCUT2D eigenvalue weighted by molar-refractivity contribution is 0.205. The Morgan fingerprint density at radius 2 is 2.18 bits per heavy atom. The first-order valence-electron chi connectivity index (χ1n) is 5.89. The zero-order valence-electron chi connectivity index (χ0n) is 10.7. The Morgan fingerprint density at radius 3 is 2.71 bits per heavy atom. The van der Waals surface area contributed by atoms with Gasteiger partial charge in [0.1, 0.15) is 5.82 Å². The summed E-state index contributed by atoms with van der Waals surface area (Å²) >= 11 is 0. The van der Waals surface area contributed by atoms with Crippen molar-refractivity contribution < 1.29 is 9.13 Å². The standard InChI is InChI=1S/C13H21FN2O/c1-4-16(7-8-17-3)13-6-5-11(14)9-12(13)10(2)15/h5-6,9-10H,4,7-8,15H2,1-3H3. The maximum Gasteiger partial charge on any atom is 0.123 e. The molecule has 17 heavy (non-hydrogen) atoms. The number of ether oxygens (including phenoxy) is 1. The molecular formula is C13H21FN2O. The molecule has 3 nitrogen and oxygen atoms in total. The van der Waals surface area contributed by atoms with Crippen molar-refractivity contribution in [1.29, 1.82) is 0 Å². The van der Waals surface area contributed by atoms with Gasteiger partial charge in [0, 0.05) is 31.9 Å². The minimum absolute atomic E-state index is 0.183. The average Bonchev–Trinajstić information content (AvgIpc) is 2.31. The van der Waals surface area contributed by atoms with Gasteiger partial charge in [0.15, 0.2) is 0 Å². The highest BCUT2D eigenvalue weighted by Crippen LogP contribution is 2.26. The topological polar surface area (TPSA) is 38.5 Å². The third-order valence-corrected chi connectivity index (χ3v) is 2.77. The molecule has 2 N–H and O–H groups in total. The summed E-state index contributed by atoms with van der Waals surface area (Å²) in [5.41, 5.74) is 7.70. The van der Waals surface area contributed by atoms with Crippen LogP contribution in [-0.4, -0.2) is 26.8 Å². The maximum absolute atomic E-state index is 13.2. The van der Waals surface area contributed by atoms with Crippen molar-refractivity contribution in [2.75, 3.05) is 31.7 Å². The largest absolute Gasteiger partial charge is 0.383 e. The summed E-state index contributed by atoms with van der Waals surface area (Å²) in [6, 6.07) is 4.58. The molecule has 0 amide bonds. The van der Waals surface area contributed by atoms with Gasteiger partial charge < -0.3 is 15.4 Å². The SMILES string of the molecule is CCN(CCOC)c1ccc(F)cc1C(C)N. The van der Waals surface area contributed by atoms with Crippen molar-refractivity contribution in [3.63, 3.8) is 0 Å². The molecule has 0 bridgehead atoms. The van der Waals surface area contributed by atoms with Crippen LogP contribution in [0.25, 0.3) is 0 Å². The summed E-state index contributed by atoms with van der Waals surface area (Å²) < 4.78 is 18.3. The van der Waals surface area contributed by atoms with Gasteiger partial charge in [0.25, 0.3) is 0 Å². The first-order valence-corrected chi connectivity index (χ1v) is 5.89. The predicted octanol–water partition coefficient (Wildman–Crippen LogP) is 2.32. The highest BCUT2D eigenvalue weighted by Gasteiger charge is 2.13. The summed E-state index contributed by atoms with van der Waals surface area (Å²) in [4.78, 5) is 2.14. The molecule has 1 aromatic carbocycles. The second kappa shape index (κ2) is 6.57. The van der Waals surface area contributed by atoms with Crippen molar-refractivity contribution in [1.82, 2.24) is 0 Å². The van der Waals surface area contributed by atoms with Crippen molar-refractivity contribution in [3.05, 3.63) is 29.6 Å². The molecule has 0 fully saturated rings. The molecule has 0 aliphatic rings. The van der Waals surface area contributed by atoms with Gasteiger partial charge in [-0.15, -0.1) is 0 Å². The minimum atomic E-state index is -0.246. The third kappa shape index (κ3) is 3.68. The smallest absolute Gasteiger partial charge is 0.123 e. The Bertz CT molecular complexity index is 355. The number of anilines is 1. The number of nitrogens with two attached hydrogens (primary N) is 1. The van der Waals surface area contributed by atoms with Gasteiger partial charge in [-0.1, -0.05) is 0 Å². The molecule has 0 spiro atoms. The van der Waals surface area contributed by atoms with Crippen LogP contribution in [-0.2, 0) is 4.74 Å². The lowest BCUT2D eigenvalue weighted by Gasteiger charge is -2.26. The molecule has 1 aromatic rings. The van der Waals surface area contributed by atoms with Gasteiger partial charge in [0.2, 0.25) is 0 Å². The molecule has 1 atom stereocenters. The van der Waals surface area contributed by atoms with E-state index in [4.69, 9.17) is 10.5 Å². The van der Waals surface area contributed by atoms with Gasteiger partial charge in [-0.25, -0.2) is 4.39 Å². The third-order valence-electron chi connectivity index (χ3n) is 2.77. The number of hydrogen-bond donors (Lipinski definition) is 1.